The average molecular weight is 258 g/mol. The summed E-state index contributed by atoms with van der Waals surface area (Å²) in [6.07, 6.45) is 3.66. The van der Waals surface area contributed by atoms with Crippen molar-refractivity contribution in [1.82, 2.24) is 15.5 Å². The van der Waals surface area contributed by atoms with Crippen molar-refractivity contribution >= 4 is 17.5 Å². The van der Waals surface area contributed by atoms with Gasteiger partial charge in [-0.25, -0.2) is 0 Å². The number of alkyl halides is 1. The molecule has 0 radical (unpaired) electrons. The van der Waals surface area contributed by atoms with E-state index in [4.69, 9.17) is 11.6 Å². The predicted octanol–water partition coefficient (Wildman–Crippen LogP) is 2.03. The normalized spacial score (nSPS) is 11.5. The molecule has 0 bridgehead atoms. The lowest BCUT2D eigenvalue weighted by molar-refractivity contribution is -0.128. The fraction of sp³-hybridized carbons (Fsp3) is 0.667. The molecule has 0 spiro atoms. The molecule has 0 fully saturated rings. The summed E-state index contributed by atoms with van der Waals surface area (Å²) < 4.78 is 0. The maximum absolute atomic E-state index is 11.7. The van der Waals surface area contributed by atoms with Crippen LogP contribution in [0.4, 0.5) is 0 Å². The zero-order valence-electron chi connectivity index (χ0n) is 10.6. The van der Waals surface area contributed by atoms with Crippen LogP contribution in [-0.4, -0.2) is 28.5 Å². The number of aryl methyl sites for hydroxylation is 2. The van der Waals surface area contributed by atoms with E-state index in [2.05, 4.69) is 15.5 Å². The number of nitrogens with one attached hydrogen (secondary N) is 2. The van der Waals surface area contributed by atoms with Crippen LogP contribution in [0.1, 0.15) is 31.5 Å². The molecule has 0 saturated heterocycles. The first kappa shape index (κ1) is 14.0. The number of hydrogen-bond donors (Lipinski definition) is 2. The van der Waals surface area contributed by atoms with Gasteiger partial charge in [0.25, 0.3) is 0 Å². The summed E-state index contributed by atoms with van der Waals surface area (Å²) in [5.41, 5.74) is 1.81. The van der Waals surface area contributed by atoms with Gasteiger partial charge in [0.05, 0.1) is 11.6 Å². The van der Waals surface area contributed by atoms with E-state index >= 15 is 0 Å². The summed E-state index contributed by atoms with van der Waals surface area (Å²) in [6, 6.07) is 0. The average Bonchev–Trinajstić information content (AvgIpc) is 2.70. The molecule has 0 aliphatic heterocycles. The SMILES string of the molecule is Cc1[nH]ncc1CCCNC(=O)C(C)(C)CCl. The maximum atomic E-state index is 11.7. The van der Waals surface area contributed by atoms with Gasteiger partial charge in [-0.15, -0.1) is 11.6 Å². The third-order valence-corrected chi connectivity index (χ3v) is 3.46. The molecular weight excluding hydrogens is 238 g/mol. The van der Waals surface area contributed by atoms with E-state index in [9.17, 15) is 4.79 Å². The van der Waals surface area contributed by atoms with E-state index in [1.54, 1.807) is 0 Å². The number of hydrogen-bond acceptors (Lipinski definition) is 2. The highest BCUT2D eigenvalue weighted by atomic mass is 35.5. The summed E-state index contributed by atoms with van der Waals surface area (Å²) in [6.45, 7) is 6.35. The Kier molecular flexibility index (Phi) is 5.00. The van der Waals surface area contributed by atoms with E-state index < -0.39 is 5.41 Å². The highest BCUT2D eigenvalue weighted by molar-refractivity contribution is 6.19. The van der Waals surface area contributed by atoms with Gasteiger partial charge in [-0.2, -0.15) is 5.10 Å². The van der Waals surface area contributed by atoms with Gasteiger partial charge in [-0.1, -0.05) is 0 Å². The summed E-state index contributed by atoms with van der Waals surface area (Å²) in [5.74, 6) is 0.344. The highest BCUT2D eigenvalue weighted by Crippen LogP contribution is 2.16. The zero-order valence-corrected chi connectivity index (χ0v) is 11.4. The molecule has 1 amide bonds. The number of carbonyl (C=O) groups excluding carboxylic acids is 1. The van der Waals surface area contributed by atoms with Crippen LogP contribution in [0.15, 0.2) is 6.20 Å². The molecule has 96 valence electrons. The van der Waals surface area contributed by atoms with Crippen LogP contribution in [0.2, 0.25) is 0 Å². The Morgan fingerprint density at radius 1 is 1.59 bits per heavy atom. The lowest BCUT2D eigenvalue weighted by Gasteiger charge is -2.20. The number of aromatic nitrogens is 2. The molecular formula is C12H20ClN3O. The van der Waals surface area contributed by atoms with Crippen molar-refractivity contribution in [2.75, 3.05) is 12.4 Å². The second kappa shape index (κ2) is 6.05. The van der Waals surface area contributed by atoms with E-state index in [0.717, 1.165) is 18.5 Å². The van der Waals surface area contributed by atoms with Crippen molar-refractivity contribution < 1.29 is 4.79 Å². The Hall–Kier alpha value is -1.03. The fourth-order valence-corrected chi connectivity index (χ4v) is 1.53. The molecule has 0 saturated carbocycles. The summed E-state index contributed by atoms with van der Waals surface area (Å²) in [7, 11) is 0. The number of aromatic amines is 1. The van der Waals surface area contributed by atoms with Crippen LogP contribution in [0, 0.1) is 12.3 Å². The molecule has 0 unspecified atom stereocenters. The Labute approximate surface area is 107 Å². The Bertz CT molecular complexity index is 374. The molecule has 0 aromatic carbocycles. The second-order valence-electron chi connectivity index (χ2n) is 4.90. The number of rotatable bonds is 6. The standard InChI is InChI=1S/C12H20ClN3O/c1-9-10(7-15-16-9)5-4-6-14-11(17)12(2,3)8-13/h7H,4-6,8H2,1-3H3,(H,14,17)(H,15,16). The van der Waals surface area contributed by atoms with E-state index in [1.165, 1.54) is 5.56 Å². The lowest BCUT2D eigenvalue weighted by Crippen LogP contribution is -2.38. The van der Waals surface area contributed by atoms with Gasteiger partial charge in [0.1, 0.15) is 0 Å². The number of nitrogens with zero attached hydrogens (tertiary/aromatic N) is 1. The maximum Gasteiger partial charge on any atom is 0.226 e. The van der Waals surface area contributed by atoms with E-state index in [-0.39, 0.29) is 5.91 Å². The lowest BCUT2D eigenvalue weighted by atomic mass is 9.95. The summed E-state index contributed by atoms with van der Waals surface area (Å²) >= 11 is 5.73. The molecule has 0 atom stereocenters. The van der Waals surface area contributed by atoms with Gasteiger partial charge in [-0.05, 0) is 39.2 Å². The van der Waals surface area contributed by atoms with Crippen molar-refractivity contribution in [3.63, 3.8) is 0 Å². The third-order valence-electron chi connectivity index (χ3n) is 2.79. The minimum Gasteiger partial charge on any atom is -0.356 e. The third kappa shape index (κ3) is 4.04. The first-order valence-electron chi connectivity index (χ1n) is 5.80. The molecule has 2 N–H and O–H groups in total. The van der Waals surface area contributed by atoms with Gasteiger partial charge in [-0.3, -0.25) is 9.89 Å². The van der Waals surface area contributed by atoms with Crippen LogP contribution >= 0.6 is 11.6 Å². The first-order valence-corrected chi connectivity index (χ1v) is 6.34. The van der Waals surface area contributed by atoms with Gasteiger partial charge in [0.15, 0.2) is 0 Å². The molecule has 1 heterocycles. The zero-order chi connectivity index (χ0) is 12.9. The topological polar surface area (TPSA) is 57.8 Å². The van der Waals surface area contributed by atoms with Crippen molar-refractivity contribution in [2.45, 2.75) is 33.6 Å². The summed E-state index contributed by atoms with van der Waals surface area (Å²) in [5, 5.41) is 9.76. The Morgan fingerprint density at radius 2 is 2.29 bits per heavy atom. The predicted molar refractivity (Wildman–Crippen MR) is 69.2 cm³/mol. The first-order chi connectivity index (χ1) is 7.97. The van der Waals surface area contributed by atoms with Gasteiger partial charge < -0.3 is 5.32 Å². The Morgan fingerprint density at radius 3 is 2.82 bits per heavy atom. The highest BCUT2D eigenvalue weighted by Gasteiger charge is 2.25. The molecule has 17 heavy (non-hydrogen) atoms. The number of H-pyrrole nitrogens is 1. The van der Waals surface area contributed by atoms with Crippen molar-refractivity contribution in [3.8, 4) is 0 Å². The molecule has 0 aliphatic rings. The molecule has 1 aromatic heterocycles. The van der Waals surface area contributed by atoms with Crippen LogP contribution in [0.25, 0.3) is 0 Å². The van der Waals surface area contributed by atoms with E-state index in [1.807, 2.05) is 27.0 Å². The molecule has 5 heteroatoms. The Balaban J connectivity index is 2.25. The number of carbonyl (C=O) groups is 1. The second-order valence-corrected chi connectivity index (χ2v) is 5.16. The monoisotopic (exact) mass is 257 g/mol. The minimum absolute atomic E-state index is 0.0106. The van der Waals surface area contributed by atoms with Crippen LogP contribution in [0.3, 0.4) is 0 Å². The van der Waals surface area contributed by atoms with Crippen LogP contribution in [-0.2, 0) is 11.2 Å². The van der Waals surface area contributed by atoms with Crippen molar-refractivity contribution in [3.05, 3.63) is 17.5 Å². The molecule has 1 rings (SSSR count). The smallest absolute Gasteiger partial charge is 0.226 e. The van der Waals surface area contributed by atoms with Crippen molar-refractivity contribution in [1.29, 1.82) is 0 Å². The number of amides is 1. The van der Waals surface area contributed by atoms with Crippen LogP contribution in [0.5, 0.6) is 0 Å². The minimum atomic E-state index is -0.493. The fourth-order valence-electron chi connectivity index (χ4n) is 1.41. The van der Waals surface area contributed by atoms with Crippen molar-refractivity contribution in [2.24, 2.45) is 5.41 Å². The largest absolute Gasteiger partial charge is 0.356 e. The number of halogens is 1. The molecule has 0 aliphatic carbocycles. The molecule has 4 nitrogen and oxygen atoms in total. The van der Waals surface area contributed by atoms with Gasteiger partial charge in [0.2, 0.25) is 5.91 Å². The van der Waals surface area contributed by atoms with Gasteiger partial charge in [0, 0.05) is 18.1 Å². The quantitative estimate of drug-likeness (QED) is 0.605. The molecule has 1 aromatic rings. The van der Waals surface area contributed by atoms with E-state index in [0.29, 0.717) is 12.4 Å². The van der Waals surface area contributed by atoms with Gasteiger partial charge >= 0.3 is 0 Å². The van der Waals surface area contributed by atoms with Crippen LogP contribution < -0.4 is 5.32 Å². The summed E-state index contributed by atoms with van der Waals surface area (Å²) in [4.78, 5) is 11.7.